The van der Waals surface area contributed by atoms with E-state index in [2.05, 4.69) is 4.98 Å². The number of hydroxylamine groups is 2. The van der Waals surface area contributed by atoms with Gasteiger partial charge in [-0.25, -0.2) is 9.18 Å². The fourth-order valence-corrected chi connectivity index (χ4v) is 1.53. The summed E-state index contributed by atoms with van der Waals surface area (Å²) < 4.78 is 12.7. The van der Waals surface area contributed by atoms with Gasteiger partial charge in [-0.1, -0.05) is 0 Å². The lowest BCUT2D eigenvalue weighted by Gasteiger charge is -2.19. The minimum absolute atomic E-state index is 0.0265. The zero-order chi connectivity index (χ0) is 13.0. The Morgan fingerprint density at radius 2 is 1.78 bits per heavy atom. The predicted molar refractivity (Wildman–Crippen MR) is 63.0 cm³/mol. The van der Waals surface area contributed by atoms with E-state index in [0.29, 0.717) is 0 Å². The SMILES string of the molecule is O=C(c1ccc(F)cc1)[NH+]([O-])Cc1ccncc1. The molecule has 5 heteroatoms. The van der Waals surface area contributed by atoms with Crippen LogP contribution in [0.5, 0.6) is 0 Å². The maximum atomic E-state index is 12.7. The smallest absolute Gasteiger partial charge is 0.344 e. The summed E-state index contributed by atoms with van der Waals surface area (Å²) >= 11 is 0. The molecule has 0 fully saturated rings. The van der Waals surface area contributed by atoms with Gasteiger partial charge in [-0.15, -0.1) is 0 Å². The number of rotatable bonds is 3. The maximum absolute atomic E-state index is 12.7. The van der Waals surface area contributed by atoms with Crippen molar-refractivity contribution in [2.45, 2.75) is 6.54 Å². The molecule has 4 nitrogen and oxygen atoms in total. The molecular weight excluding hydrogens is 235 g/mol. The summed E-state index contributed by atoms with van der Waals surface area (Å²) in [6, 6.07) is 8.29. The van der Waals surface area contributed by atoms with Crippen molar-refractivity contribution in [2.24, 2.45) is 0 Å². The van der Waals surface area contributed by atoms with Crippen molar-refractivity contribution in [1.82, 2.24) is 4.98 Å². The van der Waals surface area contributed by atoms with Crippen LogP contribution in [0.1, 0.15) is 15.9 Å². The van der Waals surface area contributed by atoms with E-state index in [1.54, 1.807) is 24.5 Å². The average molecular weight is 246 g/mol. The molecule has 0 spiro atoms. The quantitative estimate of drug-likeness (QED) is 0.820. The first kappa shape index (κ1) is 12.3. The Hall–Kier alpha value is -2.11. The number of hydrogen-bond donors (Lipinski definition) is 1. The maximum Gasteiger partial charge on any atom is 0.344 e. The first-order valence-corrected chi connectivity index (χ1v) is 5.39. The van der Waals surface area contributed by atoms with Gasteiger partial charge in [-0.2, -0.15) is 0 Å². The Bertz CT molecular complexity index is 528. The average Bonchev–Trinajstić information content (AvgIpc) is 2.40. The van der Waals surface area contributed by atoms with Gasteiger partial charge in [0.25, 0.3) is 0 Å². The molecule has 0 aliphatic rings. The van der Waals surface area contributed by atoms with Gasteiger partial charge in [0, 0.05) is 18.0 Å². The summed E-state index contributed by atoms with van der Waals surface area (Å²) in [6.07, 6.45) is 3.12. The van der Waals surface area contributed by atoms with Crippen LogP contribution in [-0.4, -0.2) is 10.9 Å². The van der Waals surface area contributed by atoms with Crippen molar-refractivity contribution in [3.63, 3.8) is 0 Å². The van der Waals surface area contributed by atoms with Gasteiger partial charge in [0.2, 0.25) is 0 Å². The molecule has 1 aromatic carbocycles. The van der Waals surface area contributed by atoms with Crippen LogP contribution in [0.25, 0.3) is 0 Å². The van der Waals surface area contributed by atoms with Crippen molar-refractivity contribution in [2.75, 3.05) is 0 Å². The van der Waals surface area contributed by atoms with Gasteiger partial charge in [0.05, 0.1) is 5.56 Å². The van der Waals surface area contributed by atoms with Crippen LogP contribution in [0.15, 0.2) is 48.8 Å². The molecule has 1 N–H and O–H groups in total. The summed E-state index contributed by atoms with van der Waals surface area (Å²) in [5, 5.41) is 11.2. The lowest BCUT2D eigenvalue weighted by atomic mass is 10.2. The molecule has 0 saturated heterocycles. The van der Waals surface area contributed by atoms with Crippen LogP contribution >= 0.6 is 0 Å². The van der Waals surface area contributed by atoms with E-state index < -0.39 is 16.8 Å². The van der Waals surface area contributed by atoms with Gasteiger partial charge in [-0.05, 0) is 36.4 Å². The van der Waals surface area contributed by atoms with E-state index in [4.69, 9.17) is 0 Å². The van der Waals surface area contributed by atoms with Crippen molar-refractivity contribution in [3.8, 4) is 0 Å². The lowest BCUT2D eigenvalue weighted by molar-refractivity contribution is -0.773. The fourth-order valence-electron chi connectivity index (χ4n) is 1.53. The number of carbonyl (C=O) groups is 1. The molecule has 0 aliphatic carbocycles. The standard InChI is InChI=1S/C13H11FN2O2/c14-12-3-1-11(2-4-12)13(17)16(18)9-10-5-7-15-8-6-10/h1-8,16H,9H2. The van der Waals surface area contributed by atoms with Gasteiger partial charge < -0.3 is 10.3 Å². The van der Waals surface area contributed by atoms with Crippen LogP contribution in [0.4, 0.5) is 4.39 Å². The minimum atomic E-state index is -0.605. The Labute approximate surface area is 103 Å². The molecule has 18 heavy (non-hydrogen) atoms. The summed E-state index contributed by atoms with van der Waals surface area (Å²) in [4.78, 5) is 15.6. The molecule has 92 valence electrons. The summed E-state index contributed by atoms with van der Waals surface area (Å²) in [6.45, 7) is 0.0265. The normalized spacial score (nSPS) is 12.1. The highest BCUT2D eigenvalue weighted by atomic mass is 19.1. The molecule has 1 aromatic heterocycles. The van der Waals surface area contributed by atoms with Crippen LogP contribution in [0, 0.1) is 11.0 Å². The van der Waals surface area contributed by atoms with E-state index in [1.165, 1.54) is 12.1 Å². The number of aromatic nitrogens is 1. The molecule has 1 unspecified atom stereocenters. The topological polar surface area (TPSA) is 57.5 Å². The summed E-state index contributed by atoms with van der Waals surface area (Å²) in [5.41, 5.74) is 0.931. The number of hydrogen-bond acceptors (Lipinski definition) is 3. The number of carbonyl (C=O) groups excluding carboxylic acids is 1. The second kappa shape index (κ2) is 5.48. The number of quaternary nitrogens is 1. The van der Waals surface area contributed by atoms with Gasteiger partial charge >= 0.3 is 5.91 Å². The molecule has 0 bridgehead atoms. The molecule has 1 atom stereocenters. The predicted octanol–water partition coefficient (Wildman–Crippen LogP) is 0.944. The van der Waals surface area contributed by atoms with E-state index in [-0.39, 0.29) is 12.1 Å². The number of amides is 1. The van der Waals surface area contributed by atoms with Crippen LogP contribution in [0.3, 0.4) is 0 Å². The molecular formula is C13H11FN2O2. The molecule has 0 radical (unpaired) electrons. The van der Waals surface area contributed by atoms with Crippen molar-refractivity contribution in [3.05, 3.63) is 70.9 Å². The first-order valence-electron chi connectivity index (χ1n) is 5.39. The van der Waals surface area contributed by atoms with Crippen LogP contribution in [-0.2, 0) is 6.54 Å². The number of benzene rings is 1. The van der Waals surface area contributed by atoms with Crippen molar-refractivity contribution >= 4 is 5.91 Å². The number of nitrogens with zero attached hydrogens (tertiary/aromatic N) is 1. The largest absolute Gasteiger partial charge is 0.626 e. The third-order valence-electron chi connectivity index (χ3n) is 2.47. The lowest BCUT2D eigenvalue weighted by Crippen LogP contribution is -3.08. The Morgan fingerprint density at radius 1 is 1.17 bits per heavy atom. The Kier molecular flexibility index (Phi) is 3.76. The molecule has 2 rings (SSSR count). The first-order chi connectivity index (χ1) is 8.66. The van der Waals surface area contributed by atoms with Gasteiger partial charge in [-0.3, -0.25) is 4.98 Å². The number of pyridine rings is 1. The van der Waals surface area contributed by atoms with Crippen molar-refractivity contribution in [1.29, 1.82) is 0 Å². The molecule has 2 aromatic rings. The highest BCUT2D eigenvalue weighted by Crippen LogP contribution is 2.01. The highest BCUT2D eigenvalue weighted by Gasteiger charge is 2.14. The molecule has 1 heterocycles. The van der Waals surface area contributed by atoms with Gasteiger partial charge in [0.1, 0.15) is 12.4 Å². The zero-order valence-electron chi connectivity index (χ0n) is 9.47. The Morgan fingerprint density at radius 3 is 2.39 bits per heavy atom. The Balaban J connectivity index is 2.07. The minimum Gasteiger partial charge on any atom is -0.626 e. The highest BCUT2D eigenvalue weighted by molar-refractivity contribution is 5.87. The molecule has 1 amide bonds. The number of halogens is 1. The van der Waals surface area contributed by atoms with E-state index in [0.717, 1.165) is 17.7 Å². The second-order valence-corrected chi connectivity index (χ2v) is 3.79. The summed E-state index contributed by atoms with van der Waals surface area (Å²) in [5.74, 6) is -1.04. The van der Waals surface area contributed by atoms with E-state index in [9.17, 15) is 14.4 Å². The molecule has 0 aliphatic heterocycles. The van der Waals surface area contributed by atoms with E-state index in [1.807, 2.05) is 0 Å². The molecule has 0 saturated carbocycles. The summed E-state index contributed by atoms with van der Waals surface area (Å²) in [7, 11) is 0. The van der Waals surface area contributed by atoms with Gasteiger partial charge in [0.15, 0.2) is 0 Å². The second-order valence-electron chi connectivity index (χ2n) is 3.79. The van der Waals surface area contributed by atoms with Crippen molar-refractivity contribution < 1.29 is 14.2 Å². The zero-order valence-corrected chi connectivity index (χ0v) is 9.47. The third-order valence-corrected chi connectivity index (χ3v) is 2.47. The monoisotopic (exact) mass is 246 g/mol. The van der Waals surface area contributed by atoms with E-state index >= 15 is 0 Å². The van der Waals surface area contributed by atoms with Crippen LogP contribution < -0.4 is 5.06 Å². The fraction of sp³-hybridized carbons (Fsp3) is 0.0769. The van der Waals surface area contributed by atoms with Crippen LogP contribution in [0.2, 0.25) is 0 Å². The number of nitrogens with one attached hydrogen (secondary N) is 1. The third kappa shape index (κ3) is 2.97.